The first-order chi connectivity index (χ1) is 14.5. The topological polar surface area (TPSA) is 57.8 Å². The monoisotopic (exact) mass is 485 g/mol. The molecule has 1 N–H and O–H groups in total. The Morgan fingerprint density at radius 3 is 2.87 bits per heavy atom. The third-order valence-electron chi connectivity index (χ3n) is 5.17. The first kappa shape index (κ1) is 20.9. The zero-order valence-corrected chi connectivity index (χ0v) is 19.5. The van der Waals surface area contributed by atoms with Gasteiger partial charge in [0, 0.05) is 29.7 Å². The largest absolute Gasteiger partial charge is 0.467 e. The molecule has 0 atom stereocenters. The summed E-state index contributed by atoms with van der Waals surface area (Å²) in [5, 5.41) is 3.78. The molecule has 2 heterocycles. The maximum atomic E-state index is 13.0. The number of thiophene rings is 1. The highest BCUT2D eigenvalue weighted by molar-refractivity contribution is 9.10. The van der Waals surface area contributed by atoms with Gasteiger partial charge in [0.25, 0.3) is 5.91 Å². The van der Waals surface area contributed by atoms with Crippen molar-refractivity contribution < 1.29 is 9.21 Å². The van der Waals surface area contributed by atoms with Crippen molar-refractivity contribution in [3.05, 3.63) is 68.4 Å². The Morgan fingerprint density at radius 2 is 2.13 bits per heavy atom. The Hall–Kier alpha value is -2.38. The van der Waals surface area contributed by atoms with Gasteiger partial charge in [-0.3, -0.25) is 4.79 Å². The average Bonchev–Trinajstić information content (AvgIpc) is 3.37. The summed E-state index contributed by atoms with van der Waals surface area (Å²) < 4.78 is 6.35. The number of fused-ring (bicyclic) bond motifs is 1. The van der Waals surface area contributed by atoms with Crippen LogP contribution in [0.2, 0.25) is 0 Å². The van der Waals surface area contributed by atoms with Crippen molar-refractivity contribution in [2.24, 2.45) is 4.99 Å². The summed E-state index contributed by atoms with van der Waals surface area (Å²) in [5.74, 6) is 0.658. The lowest BCUT2D eigenvalue weighted by Gasteiger charge is -2.14. The number of anilines is 1. The standard InChI is InChI=1S/C23H24BrN3O2S/c1-27(2)19-10-9-15(12-18(19)24)13-26-23-21(17-7-3-4-8-20(17)30-23)22(28)25-14-16-6-5-11-29-16/h5-6,9-13H,3-4,7-8,14H2,1-2H3,(H,25,28). The summed E-state index contributed by atoms with van der Waals surface area (Å²) in [7, 11) is 4.02. The Kier molecular flexibility index (Phi) is 6.39. The van der Waals surface area contributed by atoms with E-state index in [1.165, 1.54) is 16.9 Å². The van der Waals surface area contributed by atoms with Crippen LogP contribution >= 0.6 is 27.3 Å². The molecule has 0 unspecified atom stereocenters. The molecule has 1 aromatic carbocycles. The van der Waals surface area contributed by atoms with Crippen LogP contribution in [-0.4, -0.2) is 26.2 Å². The van der Waals surface area contributed by atoms with Crippen molar-refractivity contribution in [1.29, 1.82) is 0 Å². The molecule has 5 nitrogen and oxygen atoms in total. The lowest BCUT2D eigenvalue weighted by Crippen LogP contribution is -2.23. The van der Waals surface area contributed by atoms with Crippen molar-refractivity contribution in [3.63, 3.8) is 0 Å². The Balaban J connectivity index is 1.61. The lowest BCUT2D eigenvalue weighted by atomic mass is 9.95. The fourth-order valence-electron chi connectivity index (χ4n) is 3.64. The third-order valence-corrected chi connectivity index (χ3v) is 7.00. The van der Waals surface area contributed by atoms with Crippen LogP contribution in [0.5, 0.6) is 0 Å². The van der Waals surface area contributed by atoms with Crippen LogP contribution in [0.25, 0.3) is 0 Å². The average molecular weight is 486 g/mol. The molecule has 1 amide bonds. The van der Waals surface area contributed by atoms with Crippen molar-refractivity contribution in [3.8, 4) is 0 Å². The van der Waals surface area contributed by atoms with E-state index < -0.39 is 0 Å². The van der Waals surface area contributed by atoms with Crippen LogP contribution in [0.15, 0.2) is 50.5 Å². The number of nitrogens with zero attached hydrogens (tertiary/aromatic N) is 2. The summed E-state index contributed by atoms with van der Waals surface area (Å²) >= 11 is 5.27. The number of hydrogen-bond acceptors (Lipinski definition) is 5. The second-order valence-electron chi connectivity index (χ2n) is 7.52. The smallest absolute Gasteiger partial charge is 0.255 e. The summed E-state index contributed by atoms with van der Waals surface area (Å²) in [5.41, 5.74) is 3.98. The highest BCUT2D eigenvalue weighted by Crippen LogP contribution is 2.40. The number of carbonyl (C=O) groups excluding carboxylic acids is 1. The molecule has 0 bridgehead atoms. The molecule has 0 aliphatic heterocycles. The number of halogens is 1. The van der Waals surface area contributed by atoms with Gasteiger partial charge in [-0.05, 0) is 77.0 Å². The number of nitrogens with one attached hydrogen (secondary N) is 1. The number of aliphatic imine (C=N–C) groups is 1. The highest BCUT2D eigenvalue weighted by atomic mass is 79.9. The summed E-state index contributed by atoms with van der Waals surface area (Å²) in [6.45, 7) is 0.374. The fraction of sp³-hybridized carbons (Fsp3) is 0.304. The van der Waals surface area contributed by atoms with E-state index in [1.54, 1.807) is 17.6 Å². The van der Waals surface area contributed by atoms with Crippen molar-refractivity contribution >= 4 is 50.1 Å². The molecule has 1 aliphatic carbocycles. The quantitative estimate of drug-likeness (QED) is 0.453. The normalized spacial score (nSPS) is 13.4. The maximum Gasteiger partial charge on any atom is 0.255 e. The zero-order chi connectivity index (χ0) is 21.1. The van der Waals surface area contributed by atoms with Gasteiger partial charge in [0.15, 0.2) is 0 Å². The molecular formula is C23H24BrN3O2S. The molecule has 0 saturated carbocycles. The Labute approximate surface area is 188 Å². The Bertz CT molecular complexity index is 1070. The minimum absolute atomic E-state index is 0.0814. The highest BCUT2D eigenvalue weighted by Gasteiger charge is 2.25. The van der Waals surface area contributed by atoms with Crippen LogP contribution in [0.4, 0.5) is 10.7 Å². The zero-order valence-electron chi connectivity index (χ0n) is 17.1. The summed E-state index contributed by atoms with van der Waals surface area (Å²) in [6, 6.07) is 9.82. The molecule has 3 aromatic rings. The van der Waals surface area contributed by atoms with E-state index in [0.717, 1.165) is 51.3 Å². The van der Waals surface area contributed by atoms with E-state index in [2.05, 4.69) is 32.2 Å². The second kappa shape index (κ2) is 9.18. The maximum absolute atomic E-state index is 13.0. The number of rotatable bonds is 6. The van der Waals surface area contributed by atoms with E-state index >= 15 is 0 Å². The van der Waals surface area contributed by atoms with E-state index in [-0.39, 0.29) is 5.91 Å². The van der Waals surface area contributed by atoms with Gasteiger partial charge in [-0.25, -0.2) is 4.99 Å². The molecule has 0 saturated heterocycles. The predicted molar refractivity (Wildman–Crippen MR) is 127 cm³/mol. The van der Waals surface area contributed by atoms with E-state index in [1.807, 2.05) is 44.6 Å². The number of furan rings is 1. The Morgan fingerprint density at radius 1 is 1.30 bits per heavy atom. The van der Waals surface area contributed by atoms with Crippen LogP contribution in [0.3, 0.4) is 0 Å². The van der Waals surface area contributed by atoms with Gasteiger partial charge >= 0.3 is 0 Å². The van der Waals surface area contributed by atoms with Crippen LogP contribution in [-0.2, 0) is 19.4 Å². The van der Waals surface area contributed by atoms with E-state index in [4.69, 9.17) is 9.41 Å². The SMILES string of the molecule is CN(C)c1ccc(C=Nc2sc3c(c2C(=O)NCc2ccco2)CCCC3)cc1Br. The van der Waals surface area contributed by atoms with Gasteiger partial charge in [-0.15, -0.1) is 11.3 Å². The van der Waals surface area contributed by atoms with Crippen molar-refractivity contribution in [2.75, 3.05) is 19.0 Å². The molecule has 7 heteroatoms. The molecule has 0 spiro atoms. The van der Waals surface area contributed by atoms with E-state index in [9.17, 15) is 4.79 Å². The van der Waals surface area contributed by atoms with Crippen molar-refractivity contribution in [2.45, 2.75) is 32.2 Å². The number of hydrogen-bond donors (Lipinski definition) is 1. The van der Waals surface area contributed by atoms with Gasteiger partial charge in [-0.1, -0.05) is 6.07 Å². The van der Waals surface area contributed by atoms with Crippen LogP contribution < -0.4 is 10.2 Å². The van der Waals surface area contributed by atoms with Crippen LogP contribution in [0.1, 0.15) is 45.0 Å². The van der Waals surface area contributed by atoms with Gasteiger partial charge in [0.2, 0.25) is 0 Å². The third kappa shape index (κ3) is 4.52. The molecule has 156 valence electrons. The number of aryl methyl sites for hydroxylation is 1. The number of benzene rings is 1. The van der Waals surface area contributed by atoms with Crippen LogP contribution in [0, 0.1) is 0 Å². The minimum atomic E-state index is -0.0814. The molecule has 4 rings (SSSR count). The van der Waals surface area contributed by atoms with Gasteiger partial charge in [-0.2, -0.15) is 0 Å². The number of amides is 1. The van der Waals surface area contributed by atoms with E-state index in [0.29, 0.717) is 6.54 Å². The van der Waals surface area contributed by atoms with Crippen molar-refractivity contribution in [1.82, 2.24) is 5.32 Å². The van der Waals surface area contributed by atoms with Gasteiger partial charge in [0.05, 0.1) is 24.1 Å². The summed E-state index contributed by atoms with van der Waals surface area (Å²) in [4.78, 5) is 21.1. The molecule has 30 heavy (non-hydrogen) atoms. The first-order valence-electron chi connectivity index (χ1n) is 9.99. The second-order valence-corrected chi connectivity index (χ2v) is 9.45. The summed E-state index contributed by atoms with van der Waals surface area (Å²) in [6.07, 6.45) is 7.70. The molecule has 0 radical (unpaired) electrons. The molecular weight excluding hydrogens is 462 g/mol. The fourth-order valence-corrected chi connectivity index (χ4v) is 5.63. The predicted octanol–water partition coefficient (Wildman–Crippen LogP) is 5.73. The van der Waals surface area contributed by atoms with Gasteiger partial charge < -0.3 is 14.6 Å². The molecule has 1 aliphatic rings. The molecule has 2 aromatic heterocycles. The minimum Gasteiger partial charge on any atom is -0.467 e. The number of carbonyl (C=O) groups is 1. The first-order valence-corrected chi connectivity index (χ1v) is 11.6. The molecule has 0 fully saturated rings. The lowest BCUT2D eigenvalue weighted by molar-refractivity contribution is 0.0948. The van der Waals surface area contributed by atoms with Gasteiger partial charge in [0.1, 0.15) is 10.8 Å².